The highest BCUT2D eigenvalue weighted by Gasteiger charge is 2.30. The van der Waals surface area contributed by atoms with Crippen LogP contribution < -0.4 is 5.32 Å². The van der Waals surface area contributed by atoms with Gasteiger partial charge in [-0.25, -0.2) is 9.97 Å². The molecule has 1 aliphatic rings. The van der Waals surface area contributed by atoms with E-state index in [-0.39, 0.29) is 12.1 Å². The number of rotatable bonds is 4. The molecule has 0 spiro atoms. The summed E-state index contributed by atoms with van der Waals surface area (Å²) in [6, 6.07) is 6.62. The molecule has 1 aromatic carbocycles. The van der Waals surface area contributed by atoms with Crippen LogP contribution in [-0.2, 0) is 12.7 Å². The molecule has 3 rings (SSSR count). The van der Waals surface area contributed by atoms with Gasteiger partial charge in [0.25, 0.3) is 0 Å². The van der Waals surface area contributed by atoms with Crippen LogP contribution in [0, 0.1) is 0 Å². The number of aliphatic hydroxyl groups excluding tert-OH is 1. The van der Waals surface area contributed by atoms with Gasteiger partial charge in [-0.2, -0.15) is 13.2 Å². The number of hydrogen-bond donors (Lipinski definition) is 2. The molecule has 25 heavy (non-hydrogen) atoms. The Kier molecular flexibility index (Phi) is 5.34. The molecule has 0 amide bonds. The van der Waals surface area contributed by atoms with E-state index < -0.39 is 11.7 Å². The van der Waals surface area contributed by atoms with Gasteiger partial charge in [0.15, 0.2) is 5.82 Å². The minimum Gasteiger partial charge on any atom is -0.392 e. The molecule has 2 atom stereocenters. The van der Waals surface area contributed by atoms with Gasteiger partial charge in [0.2, 0.25) is 0 Å². The van der Waals surface area contributed by atoms with Crippen molar-refractivity contribution in [2.24, 2.45) is 0 Å². The van der Waals surface area contributed by atoms with Gasteiger partial charge in [-0.3, -0.25) is 0 Å². The summed E-state index contributed by atoms with van der Waals surface area (Å²) in [4.78, 5) is 8.55. The van der Waals surface area contributed by atoms with Gasteiger partial charge in [-0.15, -0.1) is 0 Å². The van der Waals surface area contributed by atoms with Gasteiger partial charge in [0, 0.05) is 24.3 Å². The van der Waals surface area contributed by atoms with Crippen molar-refractivity contribution >= 4 is 0 Å². The zero-order valence-corrected chi connectivity index (χ0v) is 13.6. The largest absolute Gasteiger partial charge is 0.416 e. The lowest BCUT2D eigenvalue weighted by atomic mass is 9.92. The van der Waals surface area contributed by atoms with Gasteiger partial charge < -0.3 is 10.4 Å². The topological polar surface area (TPSA) is 58.0 Å². The maximum Gasteiger partial charge on any atom is 0.416 e. The van der Waals surface area contributed by atoms with Crippen LogP contribution in [0.1, 0.15) is 36.9 Å². The molecule has 7 heteroatoms. The standard InChI is InChI=1S/C18H20F3N3O/c19-18(20,21)13-7-5-12(6-8-13)17-22-10-9-14(24-17)11-23-15-3-1-2-4-16(15)25/h5-10,15-16,23,25H,1-4,11H2/t15-,16+/m0/s1. The highest BCUT2D eigenvalue weighted by atomic mass is 19.4. The van der Waals surface area contributed by atoms with Crippen molar-refractivity contribution in [2.75, 3.05) is 0 Å². The average molecular weight is 351 g/mol. The number of benzene rings is 1. The Balaban J connectivity index is 1.68. The van der Waals surface area contributed by atoms with Gasteiger partial charge in [-0.1, -0.05) is 25.0 Å². The molecular weight excluding hydrogens is 331 g/mol. The first-order valence-electron chi connectivity index (χ1n) is 8.34. The molecule has 0 radical (unpaired) electrons. The second kappa shape index (κ2) is 7.49. The third-order valence-corrected chi connectivity index (χ3v) is 4.46. The van der Waals surface area contributed by atoms with E-state index in [0.29, 0.717) is 17.9 Å². The van der Waals surface area contributed by atoms with Crippen molar-refractivity contribution in [3.05, 3.63) is 47.8 Å². The number of halogens is 3. The normalized spacial score (nSPS) is 21.3. The number of nitrogens with zero attached hydrogens (tertiary/aromatic N) is 2. The Morgan fingerprint density at radius 1 is 1.08 bits per heavy atom. The minimum atomic E-state index is -4.36. The number of nitrogens with one attached hydrogen (secondary N) is 1. The summed E-state index contributed by atoms with van der Waals surface area (Å²) in [5.41, 5.74) is 0.579. The maximum absolute atomic E-state index is 12.6. The summed E-state index contributed by atoms with van der Waals surface area (Å²) < 4.78 is 37.9. The second-order valence-electron chi connectivity index (χ2n) is 6.29. The molecule has 1 heterocycles. The van der Waals surface area contributed by atoms with Crippen LogP contribution in [0.3, 0.4) is 0 Å². The summed E-state index contributed by atoms with van der Waals surface area (Å²) in [6.07, 6.45) is 0.765. The van der Waals surface area contributed by atoms with E-state index >= 15 is 0 Å². The van der Waals surface area contributed by atoms with Gasteiger partial charge >= 0.3 is 6.18 Å². The summed E-state index contributed by atoms with van der Waals surface area (Å²) in [6.45, 7) is 0.484. The molecule has 2 N–H and O–H groups in total. The van der Waals surface area contributed by atoms with E-state index in [0.717, 1.165) is 43.5 Å². The third-order valence-electron chi connectivity index (χ3n) is 4.46. The van der Waals surface area contributed by atoms with Crippen LogP contribution in [0.4, 0.5) is 13.2 Å². The van der Waals surface area contributed by atoms with Crippen LogP contribution in [0.2, 0.25) is 0 Å². The van der Waals surface area contributed by atoms with Gasteiger partial charge in [-0.05, 0) is 31.0 Å². The summed E-state index contributed by atoms with van der Waals surface area (Å²) in [5, 5.41) is 13.3. The lowest BCUT2D eigenvalue weighted by Crippen LogP contribution is -2.41. The Bertz CT molecular complexity index is 703. The molecule has 1 aliphatic carbocycles. The van der Waals surface area contributed by atoms with Crippen LogP contribution in [0.5, 0.6) is 0 Å². The maximum atomic E-state index is 12.6. The highest BCUT2D eigenvalue weighted by Crippen LogP contribution is 2.30. The molecule has 0 bridgehead atoms. The first-order valence-corrected chi connectivity index (χ1v) is 8.34. The fourth-order valence-corrected chi connectivity index (χ4v) is 3.03. The zero-order chi connectivity index (χ0) is 17.9. The van der Waals surface area contributed by atoms with Gasteiger partial charge in [0.05, 0.1) is 17.4 Å². The third kappa shape index (κ3) is 4.55. The van der Waals surface area contributed by atoms with E-state index in [1.54, 1.807) is 12.3 Å². The van der Waals surface area contributed by atoms with Crippen molar-refractivity contribution in [1.82, 2.24) is 15.3 Å². The van der Waals surface area contributed by atoms with E-state index in [1.807, 2.05) is 0 Å². The van der Waals surface area contributed by atoms with Crippen molar-refractivity contribution in [3.8, 4) is 11.4 Å². The minimum absolute atomic E-state index is 0.0539. The summed E-state index contributed by atoms with van der Waals surface area (Å²) in [7, 11) is 0. The SMILES string of the molecule is O[C@@H]1CCCC[C@@H]1NCc1ccnc(-c2ccc(C(F)(F)F)cc2)n1. The summed E-state index contributed by atoms with van der Waals surface area (Å²) >= 11 is 0. The molecule has 1 aromatic heterocycles. The summed E-state index contributed by atoms with van der Waals surface area (Å²) in [5.74, 6) is 0.386. The van der Waals surface area contributed by atoms with Crippen molar-refractivity contribution in [1.29, 1.82) is 0 Å². The number of aromatic nitrogens is 2. The molecule has 4 nitrogen and oxygen atoms in total. The second-order valence-corrected chi connectivity index (χ2v) is 6.29. The highest BCUT2D eigenvalue weighted by molar-refractivity contribution is 5.55. The number of alkyl halides is 3. The Labute approximate surface area is 144 Å². The lowest BCUT2D eigenvalue weighted by molar-refractivity contribution is -0.137. The number of hydrogen-bond acceptors (Lipinski definition) is 4. The molecule has 0 unspecified atom stereocenters. The monoisotopic (exact) mass is 351 g/mol. The van der Waals surface area contributed by atoms with Crippen LogP contribution in [0.15, 0.2) is 36.5 Å². The Morgan fingerprint density at radius 3 is 2.48 bits per heavy atom. The van der Waals surface area contributed by atoms with Crippen molar-refractivity contribution < 1.29 is 18.3 Å². The molecular formula is C18H20F3N3O. The molecule has 1 fully saturated rings. The fraction of sp³-hybridized carbons (Fsp3) is 0.444. The first kappa shape index (κ1) is 17.8. The Hall–Kier alpha value is -1.99. The van der Waals surface area contributed by atoms with E-state index in [4.69, 9.17) is 0 Å². The van der Waals surface area contributed by atoms with Gasteiger partial charge in [0.1, 0.15) is 0 Å². The van der Waals surface area contributed by atoms with E-state index in [2.05, 4.69) is 15.3 Å². The molecule has 0 saturated heterocycles. The molecule has 1 saturated carbocycles. The zero-order valence-electron chi connectivity index (χ0n) is 13.6. The van der Waals surface area contributed by atoms with Crippen LogP contribution >= 0.6 is 0 Å². The van der Waals surface area contributed by atoms with Crippen molar-refractivity contribution in [2.45, 2.75) is 50.6 Å². The molecule has 134 valence electrons. The quantitative estimate of drug-likeness (QED) is 0.884. The molecule has 2 aromatic rings. The Morgan fingerprint density at radius 2 is 1.80 bits per heavy atom. The fourth-order valence-electron chi connectivity index (χ4n) is 3.03. The lowest BCUT2D eigenvalue weighted by Gasteiger charge is -2.28. The number of aliphatic hydroxyl groups is 1. The predicted octanol–water partition coefficient (Wildman–Crippen LogP) is 3.56. The smallest absolute Gasteiger partial charge is 0.392 e. The average Bonchev–Trinajstić information content (AvgIpc) is 2.61. The first-order chi connectivity index (χ1) is 11.9. The van der Waals surface area contributed by atoms with Crippen molar-refractivity contribution in [3.63, 3.8) is 0 Å². The van der Waals surface area contributed by atoms with Crippen LogP contribution in [0.25, 0.3) is 11.4 Å². The van der Waals surface area contributed by atoms with E-state index in [9.17, 15) is 18.3 Å². The van der Waals surface area contributed by atoms with Crippen LogP contribution in [-0.4, -0.2) is 27.2 Å². The van der Waals surface area contributed by atoms with E-state index in [1.165, 1.54) is 12.1 Å². The molecule has 0 aliphatic heterocycles. The predicted molar refractivity (Wildman–Crippen MR) is 87.6 cm³/mol.